The Kier molecular flexibility index (Phi) is 5.14. The van der Waals surface area contributed by atoms with Gasteiger partial charge < -0.3 is 15.2 Å². The predicted molar refractivity (Wildman–Crippen MR) is 105 cm³/mol. The number of ether oxygens (including phenoxy) is 1. The van der Waals surface area contributed by atoms with E-state index in [1.165, 1.54) is 23.3 Å². The van der Waals surface area contributed by atoms with E-state index in [1.807, 2.05) is 0 Å². The zero-order chi connectivity index (χ0) is 18.1. The minimum atomic E-state index is 0.259. The van der Waals surface area contributed by atoms with E-state index in [2.05, 4.69) is 24.1 Å². The highest BCUT2D eigenvalue weighted by Crippen LogP contribution is 2.48. The maximum Gasteiger partial charge on any atom is 0.146 e. The van der Waals surface area contributed by atoms with Crippen molar-refractivity contribution < 1.29 is 9.84 Å². The van der Waals surface area contributed by atoms with E-state index < -0.39 is 0 Å². The number of rotatable bonds is 7. The third kappa shape index (κ3) is 3.71. The quantitative estimate of drug-likeness (QED) is 0.774. The molecule has 7 heteroatoms. The van der Waals surface area contributed by atoms with Crippen LogP contribution in [0, 0.1) is 19.3 Å². The molecule has 2 aromatic rings. The fourth-order valence-electron chi connectivity index (χ4n) is 3.65. The summed E-state index contributed by atoms with van der Waals surface area (Å²) in [5, 5.41) is 14.1. The van der Waals surface area contributed by atoms with Gasteiger partial charge in [-0.15, -0.1) is 11.3 Å². The molecule has 0 radical (unpaired) electrons. The molecule has 0 bridgehead atoms. The van der Waals surface area contributed by atoms with Gasteiger partial charge in [0.05, 0.1) is 25.1 Å². The second-order valence-corrected chi connectivity index (χ2v) is 8.87. The van der Waals surface area contributed by atoms with Crippen molar-refractivity contribution in [3.8, 4) is 0 Å². The fraction of sp³-hybridized carbons (Fsp3) is 0.684. The largest absolute Gasteiger partial charge is 0.396 e. The van der Waals surface area contributed by atoms with Crippen LogP contribution in [0.25, 0.3) is 10.2 Å². The maximum atomic E-state index is 9.32. The molecule has 142 valence electrons. The van der Waals surface area contributed by atoms with Crippen molar-refractivity contribution in [1.29, 1.82) is 0 Å². The molecule has 2 aliphatic rings. The van der Waals surface area contributed by atoms with Gasteiger partial charge in [0, 0.05) is 31.1 Å². The van der Waals surface area contributed by atoms with Crippen LogP contribution in [-0.4, -0.2) is 59.4 Å². The maximum absolute atomic E-state index is 9.32. The van der Waals surface area contributed by atoms with Crippen molar-refractivity contribution in [1.82, 2.24) is 14.9 Å². The van der Waals surface area contributed by atoms with Gasteiger partial charge in [-0.3, -0.25) is 4.90 Å². The van der Waals surface area contributed by atoms with E-state index in [4.69, 9.17) is 14.7 Å². The number of anilines is 1. The summed E-state index contributed by atoms with van der Waals surface area (Å²) in [4.78, 5) is 14.5. The third-order valence-corrected chi connectivity index (χ3v) is 6.87. The van der Waals surface area contributed by atoms with Crippen molar-refractivity contribution in [2.45, 2.75) is 39.7 Å². The molecule has 1 saturated heterocycles. The number of aromatic nitrogens is 2. The summed E-state index contributed by atoms with van der Waals surface area (Å²) in [5.74, 6) is 1.85. The Hall–Kier alpha value is -1.28. The molecule has 2 fully saturated rings. The van der Waals surface area contributed by atoms with Gasteiger partial charge in [-0.1, -0.05) is 0 Å². The number of hydrogen-bond acceptors (Lipinski definition) is 7. The minimum absolute atomic E-state index is 0.259. The fourth-order valence-corrected chi connectivity index (χ4v) is 4.70. The lowest BCUT2D eigenvalue weighted by molar-refractivity contribution is 0.0331. The number of aliphatic hydroxyl groups is 1. The first-order chi connectivity index (χ1) is 12.6. The van der Waals surface area contributed by atoms with E-state index in [-0.39, 0.29) is 12.0 Å². The van der Waals surface area contributed by atoms with Crippen LogP contribution in [0.2, 0.25) is 0 Å². The molecule has 0 spiro atoms. The summed E-state index contributed by atoms with van der Waals surface area (Å²) in [5.41, 5.74) is 1.53. The molecule has 3 heterocycles. The highest BCUT2D eigenvalue weighted by molar-refractivity contribution is 7.18. The van der Waals surface area contributed by atoms with E-state index in [1.54, 1.807) is 11.3 Å². The van der Waals surface area contributed by atoms with Crippen molar-refractivity contribution in [3.05, 3.63) is 16.3 Å². The number of aliphatic hydroxyl groups excluding tert-OH is 1. The molecule has 2 aromatic heterocycles. The van der Waals surface area contributed by atoms with Crippen LogP contribution in [-0.2, 0) is 11.3 Å². The Labute approximate surface area is 158 Å². The van der Waals surface area contributed by atoms with Crippen molar-refractivity contribution in [2.24, 2.45) is 5.41 Å². The molecule has 0 aromatic carbocycles. The summed E-state index contributed by atoms with van der Waals surface area (Å²) in [7, 11) is 0. The number of aryl methyl sites for hydroxylation is 2. The first-order valence-electron chi connectivity index (χ1n) is 9.52. The van der Waals surface area contributed by atoms with Crippen LogP contribution < -0.4 is 5.32 Å². The van der Waals surface area contributed by atoms with Gasteiger partial charge in [-0.05, 0) is 44.1 Å². The second-order valence-electron chi connectivity index (χ2n) is 7.67. The molecule has 0 amide bonds. The average molecular weight is 377 g/mol. The molecule has 1 aliphatic heterocycles. The highest BCUT2D eigenvalue weighted by atomic mass is 32.1. The van der Waals surface area contributed by atoms with E-state index >= 15 is 0 Å². The predicted octanol–water partition coefficient (Wildman–Crippen LogP) is 2.71. The van der Waals surface area contributed by atoms with E-state index in [0.29, 0.717) is 0 Å². The number of nitrogens with zero attached hydrogens (tertiary/aromatic N) is 3. The molecule has 4 rings (SSSR count). The molecule has 1 aliphatic carbocycles. The Morgan fingerprint density at radius 3 is 2.69 bits per heavy atom. The van der Waals surface area contributed by atoms with Crippen molar-refractivity contribution in [3.63, 3.8) is 0 Å². The average Bonchev–Trinajstić information content (AvgIpc) is 3.34. The summed E-state index contributed by atoms with van der Waals surface area (Å²) >= 11 is 1.75. The van der Waals surface area contributed by atoms with E-state index in [9.17, 15) is 5.11 Å². The lowest BCUT2D eigenvalue weighted by Crippen LogP contribution is -2.36. The van der Waals surface area contributed by atoms with Gasteiger partial charge in [0.25, 0.3) is 0 Å². The standard InChI is InChI=1S/C19H28N4O2S/c1-13-14(2)26-18-16(13)17(20-12-19(3-4-19)5-8-24)21-15(22-18)11-23-6-9-25-10-7-23/h24H,3-12H2,1-2H3,(H,20,21,22). The Balaban J connectivity index is 1.60. The van der Waals surface area contributed by atoms with Gasteiger partial charge >= 0.3 is 0 Å². The highest BCUT2D eigenvalue weighted by Gasteiger charge is 2.41. The topological polar surface area (TPSA) is 70.5 Å². The van der Waals surface area contributed by atoms with Crippen LogP contribution >= 0.6 is 11.3 Å². The van der Waals surface area contributed by atoms with Gasteiger partial charge in [0.1, 0.15) is 16.5 Å². The van der Waals surface area contributed by atoms with Crippen LogP contribution in [0.3, 0.4) is 0 Å². The summed E-state index contributed by atoms with van der Waals surface area (Å²) in [6, 6.07) is 0. The molecular formula is C19H28N4O2S. The summed E-state index contributed by atoms with van der Waals surface area (Å²) < 4.78 is 5.44. The number of fused-ring (bicyclic) bond motifs is 1. The Morgan fingerprint density at radius 2 is 2.00 bits per heavy atom. The Bertz CT molecular complexity index is 781. The smallest absolute Gasteiger partial charge is 0.146 e. The van der Waals surface area contributed by atoms with Gasteiger partial charge in [0.2, 0.25) is 0 Å². The Morgan fingerprint density at radius 1 is 1.23 bits per heavy atom. The van der Waals surface area contributed by atoms with Gasteiger partial charge in [-0.25, -0.2) is 9.97 Å². The SMILES string of the molecule is Cc1sc2nc(CN3CCOCC3)nc(NCC3(CCO)CC3)c2c1C. The molecule has 0 unspecified atom stereocenters. The summed E-state index contributed by atoms with van der Waals surface area (Å²) in [6.07, 6.45) is 3.25. The number of nitrogens with one attached hydrogen (secondary N) is 1. The minimum Gasteiger partial charge on any atom is -0.396 e. The second kappa shape index (κ2) is 7.38. The van der Waals surface area contributed by atoms with Crippen molar-refractivity contribution in [2.75, 3.05) is 44.8 Å². The van der Waals surface area contributed by atoms with Crippen LogP contribution in [0.5, 0.6) is 0 Å². The first-order valence-corrected chi connectivity index (χ1v) is 10.3. The van der Waals surface area contributed by atoms with Crippen LogP contribution in [0.4, 0.5) is 5.82 Å². The van der Waals surface area contributed by atoms with Crippen LogP contribution in [0.15, 0.2) is 0 Å². The lowest BCUT2D eigenvalue weighted by Gasteiger charge is -2.26. The summed E-state index contributed by atoms with van der Waals surface area (Å²) in [6.45, 7) is 9.67. The van der Waals surface area contributed by atoms with Crippen LogP contribution in [0.1, 0.15) is 35.5 Å². The molecule has 26 heavy (non-hydrogen) atoms. The number of thiophene rings is 1. The lowest BCUT2D eigenvalue weighted by atomic mass is 10.0. The normalized spacial score (nSPS) is 19.8. The monoisotopic (exact) mass is 376 g/mol. The number of morpholine rings is 1. The zero-order valence-electron chi connectivity index (χ0n) is 15.7. The molecule has 0 atom stereocenters. The molecule has 1 saturated carbocycles. The third-order valence-electron chi connectivity index (χ3n) is 5.77. The molecule has 2 N–H and O–H groups in total. The van der Waals surface area contributed by atoms with Gasteiger partial charge in [-0.2, -0.15) is 0 Å². The first kappa shape index (κ1) is 18.1. The van der Waals surface area contributed by atoms with Gasteiger partial charge in [0.15, 0.2) is 0 Å². The molecular weight excluding hydrogens is 348 g/mol. The number of hydrogen-bond donors (Lipinski definition) is 2. The zero-order valence-corrected chi connectivity index (χ0v) is 16.5. The van der Waals surface area contributed by atoms with Crippen molar-refractivity contribution >= 4 is 27.4 Å². The molecule has 6 nitrogen and oxygen atoms in total. The van der Waals surface area contributed by atoms with E-state index in [0.717, 1.165) is 67.7 Å².